The van der Waals surface area contributed by atoms with Crippen molar-refractivity contribution in [2.75, 3.05) is 45.9 Å². The molecule has 0 unspecified atom stereocenters. The van der Waals surface area contributed by atoms with E-state index in [1.807, 2.05) is 24.3 Å². The number of pyridine rings is 1. The smallest absolute Gasteiger partial charge is 0.219 e. The van der Waals surface area contributed by atoms with E-state index in [1.54, 1.807) is 6.20 Å². The molecule has 1 aromatic carbocycles. The van der Waals surface area contributed by atoms with Crippen molar-refractivity contribution in [3.05, 3.63) is 53.2 Å². The number of morpholine rings is 1. The zero-order chi connectivity index (χ0) is 21.2. The first-order chi connectivity index (χ1) is 14.6. The molecule has 1 aliphatic heterocycles. The van der Waals surface area contributed by atoms with Crippen molar-refractivity contribution >= 4 is 5.96 Å². The van der Waals surface area contributed by atoms with Crippen molar-refractivity contribution in [3.63, 3.8) is 0 Å². The van der Waals surface area contributed by atoms with Crippen LogP contribution < -0.4 is 15.4 Å². The SMILES string of the molecule is CCNC(=NCc1ccnc(Oc2ccc(C)c(C)c2)c1)NCCN1CCOCC1. The topological polar surface area (TPSA) is 71.0 Å². The summed E-state index contributed by atoms with van der Waals surface area (Å²) in [6.45, 7) is 13.1. The molecule has 7 nitrogen and oxygen atoms in total. The molecule has 3 rings (SSSR count). The molecule has 2 N–H and O–H groups in total. The number of hydrogen-bond acceptors (Lipinski definition) is 5. The van der Waals surface area contributed by atoms with Crippen LogP contribution in [0.4, 0.5) is 0 Å². The summed E-state index contributed by atoms with van der Waals surface area (Å²) in [5.41, 5.74) is 3.50. The molecule has 0 amide bonds. The Hall–Kier alpha value is -2.64. The van der Waals surface area contributed by atoms with E-state index in [1.165, 1.54) is 11.1 Å². The van der Waals surface area contributed by atoms with Gasteiger partial charge in [-0.2, -0.15) is 0 Å². The Labute approximate surface area is 179 Å². The molecule has 1 fully saturated rings. The molecule has 0 spiro atoms. The predicted octanol–water partition coefficient (Wildman–Crippen LogP) is 2.88. The van der Waals surface area contributed by atoms with Crippen LogP contribution in [0.1, 0.15) is 23.6 Å². The Morgan fingerprint density at radius 1 is 1.13 bits per heavy atom. The second-order valence-electron chi connectivity index (χ2n) is 7.43. The molecule has 1 saturated heterocycles. The largest absolute Gasteiger partial charge is 0.439 e. The van der Waals surface area contributed by atoms with Gasteiger partial charge < -0.3 is 20.1 Å². The minimum Gasteiger partial charge on any atom is -0.439 e. The molecule has 30 heavy (non-hydrogen) atoms. The maximum absolute atomic E-state index is 5.93. The van der Waals surface area contributed by atoms with Gasteiger partial charge in [0, 0.05) is 45.0 Å². The van der Waals surface area contributed by atoms with E-state index < -0.39 is 0 Å². The molecule has 1 aromatic heterocycles. The molecule has 2 heterocycles. The molecule has 0 saturated carbocycles. The number of aryl methyl sites for hydroxylation is 2. The number of ether oxygens (including phenoxy) is 2. The molecular weight excluding hydrogens is 378 g/mol. The van der Waals surface area contributed by atoms with Crippen LogP contribution in [-0.4, -0.2) is 61.8 Å². The summed E-state index contributed by atoms with van der Waals surface area (Å²) in [4.78, 5) is 11.4. The molecular formula is C23H33N5O2. The van der Waals surface area contributed by atoms with E-state index in [9.17, 15) is 0 Å². The fourth-order valence-corrected chi connectivity index (χ4v) is 3.17. The van der Waals surface area contributed by atoms with Gasteiger partial charge in [0.2, 0.25) is 5.88 Å². The van der Waals surface area contributed by atoms with Crippen LogP contribution in [0.5, 0.6) is 11.6 Å². The monoisotopic (exact) mass is 411 g/mol. The number of hydrogen-bond donors (Lipinski definition) is 2. The van der Waals surface area contributed by atoms with E-state index in [0.29, 0.717) is 12.4 Å². The molecule has 7 heteroatoms. The van der Waals surface area contributed by atoms with Gasteiger partial charge >= 0.3 is 0 Å². The molecule has 0 atom stereocenters. The molecule has 162 valence electrons. The summed E-state index contributed by atoms with van der Waals surface area (Å²) in [6.07, 6.45) is 1.76. The number of benzene rings is 1. The first-order valence-electron chi connectivity index (χ1n) is 10.7. The van der Waals surface area contributed by atoms with Crippen LogP contribution in [0, 0.1) is 13.8 Å². The summed E-state index contributed by atoms with van der Waals surface area (Å²) in [5, 5.41) is 6.72. The highest BCUT2D eigenvalue weighted by Gasteiger charge is 2.09. The highest BCUT2D eigenvalue weighted by atomic mass is 16.5. The minimum atomic E-state index is 0.554. The third-order valence-electron chi connectivity index (χ3n) is 5.09. The van der Waals surface area contributed by atoms with Crippen LogP contribution in [0.3, 0.4) is 0 Å². The molecule has 0 bridgehead atoms. The second-order valence-corrected chi connectivity index (χ2v) is 7.43. The average molecular weight is 412 g/mol. The Bertz CT molecular complexity index is 834. The molecule has 0 aliphatic carbocycles. The zero-order valence-electron chi connectivity index (χ0n) is 18.3. The fraction of sp³-hybridized carbons (Fsp3) is 0.478. The van der Waals surface area contributed by atoms with Gasteiger partial charge in [0.15, 0.2) is 5.96 Å². The van der Waals surface area contributed by atoms with Crippen molar-refractivity contribution in [1.29, 1.82) is 0 Å². The van der Waals surface area contributed by atoms with Gasteiger partial charge in [0.25, 0.3) is 0 Å². The van der Waals surface area contributed by atoms with Gasteiger partial charge in [-0.15, -0.1) is 0 Å². The van der Waals surface area contributed by atoms with Gasteiger partial charge in [0.05, 0.1) is 19.8 Å². The second kappa shape index (κ2) is 11.5. The molecule has 1 aliphatic rings. The lowest BCUT2D eigenvalue weighted by molar-refractivity contribution is 0.0389. The maximum atomic E-state index is 5.93. The third-order valence-corrected chi connectivity index (χ3v) is 5.09. The lowest BCUT2D eigenvalue weighted by Crippen LogP contribution is -2.44. The van der Waals surface area contributed by atoms with Crippen molar-refractivity contribution < 1.29 is 9.47 Å². The summed E-state index contributed by atoms with van der Waals surface area (Å²) in [6, 6.07) is 9.97. The predicted molar refractivity (Wildman–Crippen MR) is 120 cm³/mol. The van der Waals surface area contributed by atoms with E-state index in [2.05, 4.69) is 47.4 Å². The number of aromatic nitrogens is 1. The summed E-state index contributed by atoms with van der Waals surface area (Å²) in [5.74, 6) is 2.19. The quantitative estimate of drug-likeness (QED) is 0.514. The maximum Gasteiger partial charge on any atom is 0.219 e. The normalized spacial score (nSPS) is 15.1. The first kappa shape index (κ1) is 22.1. The van der Waals surface area contributed by atoms with Crippen LogP contribution in [0.15, 0.2) is 41.5 Å². The summed E-state index contributed by atoms with van der Waals surface area (Å²) < 4.78 is 11.3. The van der Waals surface area contributed by atoms with Gasteiger partial charge in [-0.25, -0.2) is 9.98 Å². The molecule has 0 radical (unpaired) electrons. The van der Waals surface area contributed by atoms with Gasteiger partial charge in [0.1, 0.15) is 5.75 Å². The Morgan fingerprint density at radius 3 is 2.73 bits per heavy atom. The number of aliphatic imine (C=N–C) groups is 1. The van der Waals surface area contributed by atoms with Crippen LogP contribution in [0.25, 0.3) is 0 Å². The van der Waals surface area contributed by atoms with Crippen molar-refractivity contribution in [2.24, 2.45) is 4.99 Å². The van der Waals surface area contributed by atoms with Crippen LogP contribution >= 0.6 is 0 Å². The van der Waals surface area contributed by atoms with Gasteiger partial charge in [-0.1, -0.05) is 6.07 Å². The lowest BCUT2D eigenvalue weighted by Gasteiger charge is -2.26. The molecule has 2 aromatic rings. The van der Waals surface area contributed by atoms with Crippen molar-refractivity contribution in [2.45, 2.75) is 27.3 Å². The minimum absolute atomic E-state index is 0.554. The standard InChI is InChI=1S/C23H33N5O2/c1-4-24-23(26-9-10-28-11-13-29-14-12-28)27-17-20-7-8-25-22(16-20)30-21-6-5-18(2)19(3)15-21/h5-8,15-16H,4,9-14,17H2,1-3H3,(H2,24,26,27). The average Bonchev–Trinajstić information content (AvgIpc) is 2.76. The van der Waals surface area contributed by atoms with E-state index >= 15 is 0 Å². The highest BCUT2D eigenvalue weighted by Crippen LogP contribution is 2.22. The van der Waals surface area contributed by atoms with E-state index in [0.717, 1.165) is 63.2 Å². The van der Waals surface area contributed by atoms with Gasteiger partial charge in [-0.05, 0) is 55.7 Å². The van der Waals surface area contributed by atoms with E-state index in [-0.39, 0.29) is 0 Å². The highest BCUT2D eigenvalue weighted by molar-refractivity contribution is 5.79. The van der Waals surface area contributed by atoms with E-state index in [4.69, 9.17) is 14.5 Å². The third kappa shape index (κ3) is 7.00. The number of guanidine groups is 1. The van der Waals surface area contributed by atoms with Crippen LogP contribution in [0.2, 0.25) is 0 Å². The fourth-order valence-electron chi connectivity index (χ4n) is 3.17. The van der Waals surface area contributed by atoms with Crippen molar-refractivity contribution in [1.82, 2.24) is 20.5 Å². The Balaban J connectivity index is 1.55. The Kier molecular flexibility index (Phi) is 8.47. The number of rotatable bonds is 8. The lowest BCUT2D eigenvalue weighted by atomic mass is 10.1. The zero-order valence-corrected chi connectivity index (χ0v) is 18.3. The van der Waals surface area contributed by atoms with Crippen molar-refractivity contribution in [3.8, 4) is 11.6 Å². The first-order valence-corrected chi connectivity index (χ1v) is 10.7. The van der Waals surface area contributed by atoms with Gasteiger partial charge in [-0.3, -0.25) is 4.90 Å². The van der Waals surface area contributed by atoms with Crippen LogP contribution in [-0.2, 0) is 11.3 Å². The summed E-state index contributed by atoms with van der Waals surface area (Å²) >= 11 is 0. The number of nitrogens with one attached hydrogen (secondary N) is 2. The Morgan fingerprint density at radius 2 is 1.97 bits per heavy atom. The number of nitrogens with zero attached hydrogens (tertiary/aromatic N) is 3. The summed E-state index contributed by atoms with van der Waals surface area (Å²) in [7, 11) is 0.